The largest absolute Gasteiger partial charge is 0.334 e. The highest BCUT2D eigenvalue weighted by Gasteiger charge is 2.24. The molecule has 0 fully saturated rings. The number of nitrogens with one attached hydrogen (secondary N) is 1. The quantitative estimate of drug-likeness (QED) is 0.623. The average molecular weight is 449 g/mol. The van der Waals surface area contributed by atoms with E-state index in [4.69, 9.17) is 0 Å². The molecule has 0 aliphatic carbocycles. The number of amides is 2. The zero-order chi connectivity index (χ0) is 21.7. The Morgan fingerprint density at radius 3 is 2.77 bits per heavy atom. The first-order valence-electron chi connectivity index (χ1n) is 10.2. The van der Waals surface area contributed by atoms with Gasteiger partial charge in [0, 0.05) is 29.2 Å². The van der Waals surface area contributed by atoms with Crippen LogP contribution in [0.1, 0.15) is 52.5 Å². The second-order valence-corrected chi connectivity index (χ2v) is 10.9. The van der Waals surface area contributed by atoms with Gasteiger partial charge in [0.15, 0.2) is 9.84 Å². The van der Waals surface area contributed by atoms with Crippen molar-refractivity contribution >= 4 is 38.7 Å². The number of unbranched alkanes of at least 4 members (excludes halogenated alkanes) is 2. The lowest BCUT2D eigenvalue weighted by molar-refractivity contribution is -0.113. The minimum absolute atomic E-state index is 0.0191. The van der Waals surface area contributed by atoms with Gasteiger partial charge in [0.25, 0.3) is 5.91 Å². The summed E-state index contributed by atoms with van der Waals surface area (Å²) < 4.78 is 24.3. The molecule has 0 saturated carbocycles. The Morgan fingerprint density at radius 2 is 2.00 bits per heavy atom. The molecule has 8 heteroatoms. The van der Waals surface area contributed by atoms with Gasteiger partial charge >= 0.3 is 0 Å². The molecule has 0 radical (unpaired) electrons. The topological polar surface area (TPSA) is 83.5 Å². The molecule has 0 atom stereocenters. The van der Waals surface area contributed by atoms with Gasteiger partial charge in [-0.1, -0.05) is 25.8 Å². The highest BCUT2D eigenvalue weighted by molar-refractivity contribution is 7.92. The van der Waals surface area contributed by atoms with Gasteiger partial charge in [-0.15, -0.1) is 11.3 Å². The smallest absolute Gasteiger partial charge is 0.254 e. The maximum absolute atomic E-state index is 13.1. The molecule has 0 unspecified atom stereocenters. The van der Waals surface area contributed by atoms with E-state index in [-0.39, 0.29) is 11.7 Å². The second-order valence-electron chi connectivity index (χ2n) is 7.67. The van der Waals surface area contributed by atoms with Crippen LogP contribution in [0.5, 0.6) is 0 Å². The van der Waals surface area contributed by atoms with Crippen molar-refractivity contribution in [3.8, 4) is 0 Å². The van der Waals surface area contributed by atoms with Crippen molar-refractivity contribution in [2.24, 2.45) is 0 Å². The third-order valence-electron chi connectivity index (χ3n) is 5.34. The number of carbonyl (C=O) groups excluding carboxylic acids is 2. The summed E-state index contributed by atoms with van der Waals surface area (Å²) in [5.74, 6) is -1.17. The van der Waals surface area contributed by atoms with E-state index in [1.165, 1.54) is 10.4 Å². The third-order valence-corrected chi connectivity index (χ3v) is 7.98. The van der Waals surface area contributed by atoms with E-state index in [2.05, 4.69) is 16.8 Å². The highest BCUT2D eigenvalue weighted by atomic mass is 32.2. The van der Waals surface area contributed by atoms with Gasteiger partial charge in [0.1, 0.15) is 5.75 Å². The number of carbonyl (C=O) groups is 2. The minimum Gasteiger partial charge on any atom is -0.334 e. The highest BCUT2D eigenvalue weighted by Crippen LogP contribution is 2.27. The molecule has 2 amide bonds. The number of rotatable bonds is 8. The van der Waals surface area contributed by atoms with Gasteiger partial charge in [0.05, 0.1) is 5.75 Å². The number of hydrogen-bond acceptors (Lipinski definition) is 5. The van der Waals surface area contributed by atoms with Crippen molar-refractivity contribution in [2.45, 2.75) is 46.1 Å². The fourth-order valence-electron chi connectivity index (χ4n) is 3.63. The van der Waals surface area contributed by atoms with Gasteiger partial charge in [-0.3, -0.25) is 9.59 Å². The fourth-order valence-corrected chi connectivity index (χ4v) is 5.77. The number of thiophene rings is 1. The molecule has 1 aliphatic heterocycles. The van der Waals surface area contributed by atoms with Crippen molar-refractivity contribution in [1.82, 2.24) is 4.90 Å². The van der Waals surface area contributed by atoms with E-state index >= 15 is 0 Å². The molecule has 6 nitrogen and oxygen atoms in total. The Bertz CT molecular complexity index is 1030. The summed E-state index contributed by atoms with van der Waals surface area (Å²) in [5, 5.41) is 4.73. The monoisotopic (exact) mass is 448 g/mol. The lowest BCUT2D eigenvalue weighted by Crippen LogP contribution is -2.35. The van der Waals surface area contributed by atoms with E-state index in [0.717, 1.165) is 19.3 Å². The molecule has 0 spiro atoms. The number of sulfone groups is 1. The molecule has 1 aliphatic rings. The molecule has 162 valence electrons. The molecule has 3 rings (SSSR count). The van der Waals surface area contributed by atoms with Crippen molar-refractivity contribution in [1.29, 1.82) is 0 Å². The number of anilines is 1. The molecule has 0 bridgehead atoms. The minimum atomic E-state index is -3.44. The molecule has 1 aromatic heterocycles. The summed E-state index contributed by atoms with van der Waals surface area (Å²) in [6, 6.07) is 7.22. The zero-order valence-electron chi connectivity index (χ0n) is 17.4. The Hall–Kier alpha value is -2.19. The van der Waals surface area contributed by atoms with Gasteiger partial charge in [-0.05, 0) is 54.5 Å². The fraction of sp³-hybridized carbons (Fsp3) is 0.455. The Morgan fingerprint density at radius 1 is 1.20 bits per heavy atom. The Balaban J connectivity index is 1.67. The van der Waals surface area contributed by atoms with E-state index in [1.54, 1.807) is 36.5 Å². The standard InChI is InChI=1S/C22H28N2O4S2/c1-3-4-5-13-30(27,28)15-21(25)23-19-8-6-7-18(16(19)2)22(26)24-11-9-20-17(14-24)10-12-29-20/h6-8,10,12H,3-5,9,11,13-15H2,1-2H3,(H,23,25). The summed E-state index contributed by atoms with van der Waals surface area (Å²) in [5.41, 5.74) is 2.84. The summed E-state index contributed by atoms with van der Waals surface area (Å²) >= 11 is 1.72. The van der Waals surface area contributed by atoms with Gasteiger partial charge in [-0.2, -0.15) is 0 Å². The Kier molecular flexibility index (Phi) is 7.31. The van der Waals surface area contributed by atoms with Crippen LogP contribution in [0, 0.1) is 6.92 Å². The number of hydrogen-bond donors (Lipinski definition) is 1. The maximum atomic E-state index is 13.1. The van der Waals surface area contributed by atoms with Crippen LogP contribution in [0.25, 0.3) is 0 Å². The second kappa shape index (κ2) is 9.75. The van der Waals surface area contributed by atoms with Crippen LogP contribution in [-0.2, 0) is 27.6 Å². The van der Waals surface area contributed by atoms with Crippen LogP contribution in [0.4, 0.5) is 5.69 Å². The molecule has 2 heterocycles. The zero-order valence-corrected chi connectivity index (χ0v) is 19.1. The van der Waals surface area contributed by atoms with Gasteiger partial charge < -0.3 is 10.2 Å². The van der Waals surface area contributed by atoms with E-state index in [0.29, 0.717) is 36.3 Å². The van der Waals surface area contributed by atoms with Crippen LogP contribution in [0.3, 0.4) is 0 Å². The van der Waals surface area contributed by atoms with Crippen LogP contribution in [0.15, 0.2) is 29.6 Å². The molecule has 1 N–H and O–H groups in total. The van der Waals surface area contributed by atoms with Crippen molar-refractivity contribution in [3.63, 3.8) is 0 Å². The number of nitrogens with zero attached hydrogens (tertiary/aromatic N) is 1. The van der Waals surface area contributed by atoms with Crippen LogP contribution >= 0.6 is 11.3 Å². The van der Waals surface area contributed by atoms with Crippen LogP contribution < -0.4 is 5.32 Å². The van der Waals surface area contributed by atoms with E-state index in [9.17, 15) is 18.0 Å². The van der Waals surface area contributed by atoms with Gasteiger partial charge in [-0.25, -0.2) is 8.42 Å². The van der Waals surface area contributed by atoms with Crippen molar-refractivity contribution in [2.75, 3.05) is 23.4 Å². The third kappa shape index (κ3) is 5.49. The predicted molar refractivity (Wildman–Crippen MR) is 121 cm³/mol. The predicted octanol–water partition coefficient (Wildman–Crippen LogP) is 3.80. The first-order chi connectivity index (χ1) is 14.3. The summed E-state index contributed by atoms with van der Waals surface area (Å²) in [6.07, 6.45) is 3.17. The van der Waals surface area contributed by atoms with Crippen LogP contribution in [-0.4, -0.2) is 43.2 Å². The van der Waals surface area contributed by atoms with Crippen molar-refractivity contribution < 1.29 is 18.0 Å². The van der Waals surface area contributed by atoms with E-state index < -0.39 is 21.5 Å². The van der Waals surface area contributed by atoms with E-state index in [1.807, 2.05) is 11.8 Å². The molecule has 0 saturated heterocycles. The lowest BCUT2D eigenvalue weighted by Gasteiger charge is -2.28. The first kappa shape index (κ1) is 22.5. The van der Waals surface area contributed by atoms with Gasteiger partial charge in [0.2, 0.25) is 5.91 Å². The lowest BCUT2D eigenvalue weighted by atomic mass is 10.0. The SMILES string of the molecule is CCCCCS(=O)(=O)CC(=O)Nc1cccc(C(=O)N2CCc3sccc3C2)c1C. The molecular formula is C22H28N2O4S2. The summed E-state index contributed by atoms with van der Waals surface area (Å²) in [6.45, 7) is 5.03. The van der Waals surface area contributed by atoms with Crippen LogP contribution in [0.2, 0.25) is 0 Å². The first-order valence-corrected chi connectivity index (χ1v) is 12.9. The number of benzene rings is 1. The molecular weight excluding hydrogens is 420 g/mol. The maximum Gasteiger partial charge on any atom is 0.254 e. The average Bonchev–Trinajstić information content (AvgIpc) is 3.16. The normalized spacial score (nSPS) is 13.7. The number of fused-ring (bicyclic) bond motifs is 1. The summed E-state index contributed by atoms with van der Waals surface area (Å²) in [7, 11) is -3.44. The summed E-state index contributed by atoms with van der Waals surface area (Å²) in [4.78, 5) is 28.6. The molecule has 30 heavy (non-hydrogen) atoms. The molecule has 1 aromatic carbocycles. The molecule has 2 aromatic rings. The Labute approximate surface area is 182 Å². The van der Waals surface area contributed by atoms with Crippen molar-refractivity contribution in [3.05, 3.63) is 51.2 Å².